The number of hydrogen-bond acceptors (Lipinski definition) is 4. The Hall–Kier alpha value is -2.76. The lowest BCUT2D eigenvalue weighted by molar-refractivity contribution is -0.123. The topological polar surface area (TPSA) is 80.6 Å². The molecule has 0 spiro atoms. The molecule has 0 saturated heterocycles. The zero-order valence-electron chi connectivity index (χ0n) is 14.0. The summed E-state index contributed by atoms with van der Waals surface area (Å²) in [5.74, 6) is 0.236. The molecule has 2 atom stereocenters. The second-order valence-corrected chi connectivity index (χ2v) is 5.41. The van der Waals surface area contributed by atoms with E-state index in [9.17, 15) is 9.59 Å². The van der Waals surface area contributed by atoms with Gasteiger partial charge in [0.1, 0.15) is 11.8 Å². The van der Waals surface area contributed by atoms with Crippen LogP contribution in [-0.2, 0) is 4.79 Å². The number of nitrogens with one attached hydrogen (secondary N) is 2. The molecule has 2 unspecified atom stereocenters. The quantitative estimate of drug-likeness (QED) is 0.818. The number of amides is 2. The maximum Gasteiger partial charge on any atom is 0.287 e. The van der Waals surface area contributed by atoms with Crippen molar-refractivity contribution >= 4 is 11.8 Å². The van der Waals surface area contributed by atoms with E-state index in [1.165, 1.54) is 6.26 Å². The van der Waals surface area contributed by atoms with Crippen LogP contribution in [0.25, 0.3) is 0 Å². The van der Waals surface area contributed by atoms with Crippen molar-refractivity contribution in [3.8, 4) is 5.75 Å². The van der Waals surface area contributed by atoms with E-state index in [0.29, 0.717) is 6.61 Å². The number of hydrogen-bond donors (Lipinski definition) is 2. The average Bonchev–Trinajstić information content (AvgIpc) is 3.10. The average molecular weight is 330 g/mol. The third kappa shape index (κ3) is 4.62. The summed E-state index contributed by atoms with van der Waals surface area (Å²) in [6.45, 7) is 6.00. The molecule has 2 N–H and O–H groups in total. The van der Waals surface area contributed by atoms with E-state index in [1.807, 2.05) is 38.1 Å². The minimum absolute atomic E-state index is 0.173. The second kappa shape index (κ2) is 8.19. The molecular weight excluding hydrogens is 308 g/mol. The third-order valence-electron chi connectivity index (χ3n) is 3.51. The SMILES string of the molecule is CCOc1cccc(C(C)NC(=O)C(C)NC(=O)c2ccco2)c1. The van der Waals surface area contributed by atoms with Crippen LogP contribution in [0.15, 0.2) is 47.1 Å². The molecule has 0 fully saturated rings. The van der Waals surface area contributed by atoms with Crippen molar-refractivity contribution in [3.05, 3.63) is 54.0 Å². The maximum absolute atomic E-state index is 12.3. The fraction of sp³-hybridized carbons (Fsp3) is 0.333. The second-order valence-electron chi connectivity index (χ2n) is 5.41. The van der Waals surface area contributed by atoms with E-state index in [2.05, 4.69) is 10.6 Å². The highest BCUT2D eigenvalue weighted by atomic mass is 16.5. The highest BCUT2D eigenvalue weighted by Gasteiger charge is 2.20. The van der Waals surface area contributed by atoms with Gasteiger partial charge in [0.25, 0.3) is 5.91 Å². The standard InChI is InChI=1S/C18H22N2O4/c1-4-23-15-8-5-7-14(11-15)12(2)19-17(21)13(3)20-18(22)16-9-6-10-24-16/h5-13H,4H2,1-3H3,(H,19,21)(H,20,22). The number of furan rings is 1. The van der Waals surface area contributed by atoms with Crippen LogP contribution in [0.4, 0.5) is 0 Å². The van der Waals surface area contributed by atoms with Gasteiger partial charge in [-0.1, -0.05) is 12.1 Å². The Morgan fingerprint density at radius 3 is 2.62 bits per heavy atom. The van der Waals surface area contributed by atoms with E-state index in [0.717, 1.165) is 11.3 Å². The van der Waals surface area contributed by atoms with Gasteiger partial charge in [0, 0.05) is 0 Å². The van der Waals surface area contributed by atoms with Crippen LogP contribution in [0.5, 0.6) is 5.75 Å². The minimum Gasteiger partial charge on any atom is -0.494 e. The molecule has 0 bridgehead atoms. The molecule has 24 heavy (non-hydrogen) atoms. The fourth-order valence-corrected chi connectivity index (χ4v) is 2.20. The maximum atomic E-state index is 12.3. The molecule has 0 saturated carbocycles. The van der Waals surface area contributed by atoms with Gasteiger partial charge in [0.2, 0.25) is 5.91 Å². The molecule has 1 aromatic heterocycles. The zero-order valence-corrected chi connectivity index (χ0v) is 14.0. The molecule has 2 amide bonds. The number of rotatable bonds is 7. The van der Waals surface area contributed by atoms with E-state index in [4.69, 9.17) is 9.15 Å². The third-order valence-corrected chi connectivity index (χ3v) is 3.51. The van der Waals surface area contributed by atoms with Crippen molar-refractivity contribution in [1.82, 2.24) is 10.6 Å². The van der Waals surface area contributed by atoms with Crippen LogP contribution in [0.2, 0.25) is 0 Å². The van der Waals surface area contributed by atoms with Crippen LogP contribution >= 0.6 is 0 Å². The predicted octanol–water partition coefficient (Wildman–Crippen LogP) is 2.67. The van der Waals surface area contributed by atoms with Crippen molar-refractivity contribution in [3.63, 3.8) is 0 Å². The minimum atomic E-state index is -0.680. The van der Waals surface area contributed by atoms with E-state index in [-0.39, 0.29) is 17.7 Å². The van der Waals surface area contributed by atoms with Crippen LogP contribution in [0.1, 0.15) is 42.9 Å². The number of carbonyl (C=O) groups is 2. The Balaban J connectivity index is 1.93. The van der Waals surface area contributed by atoms with Crippen LogP contribution < -0.4 is 15.4 Å². The summed E-state index contributed by atoms with van der Waals surface area (Å²) >= 11 is 0. The molecule has 0 aliphatic heterocycles. The Labute approximate surface area is 141 Å². The highest BCUT2D eigenvalue weighted by Crippen LogP contribution is 2.19. The van der Waals surface area contributed by atoms with E-state index < -0.39 is 11.9 Å². The largest absolute Gasteiger partial charge is 0.494 e. The first-order valence-electron chi connectivity index (χ1n) is 7.88. The number of ether oxygens (including phenoxy) is 1. The predicted molar refractivity (Wildman–Crippen MR) is 89.8 cm³/mol. The van der Waals surface area contributed by atoms with Crippen molar-refractivity contribution in [2.75, 3.05) is 6.61 Å². The fourth-order valence-electron chi connectivity index (χ4n) is 2.20. The van der Waals surface area contributed by atoms with Crippen molar-refractivity contribution in [2.45, 2.75) is 32.9 Å². The molecule has 128 valence electrons. The summed E-state index contributed by atoms with van der Waals surface area (Å²) in [5, 5.41) is 5.48. The Kier molecular flexibility index (Phi) is 6.01. The molecular formula is C18H22N2O4. The highest BCUT2D eigenvalue weighted by molar-refractivity contribution is 5.95. The summed E-state index contributed by atoms with van der Waals surface area (Å²) in [6.07, 6.45) is 1.41. The Morgan fingerprint density at radius 2 is 1.96 bits per heavy atom. The van der Waals surface area contributed by atoms with Crippen LogP contribution in [-0.4, -0.2) is 24.5 Å². The summed E-state index contributed by atoms with van der Waals surface area (Å²) in [7, 11) is 0. The summed E-state index contributed by atoms with van der Waals surface area (Å²) < 4.78 is 10.5. The van der Waals surface area contributed by atoms with Gasteiger partial charge in [-0.25, -0.2) is 0 Å². The first kappa shape index (κ1) is 17.6. The molecule has 0 aliphatic carbocycles. The molecule has 6 heteroatoms. The lowest BCUT2D eigenvalue weighted by Gasteiger charge is -2.19. The molecule has 2 aromatic rings. The van der Waals surface area contributed by atoms with Crippen molar-refractivity contribution < 1.29 is 18.7 Å². The first-order valence-corrected chi connectivity index (χ1v) is 7.88. The van der Waals surface area contributed by atoms with Gasteiger partial charge in [-0.05, 0) is 50.6 Å². The van der Waals surface area contributed by atoms with Crippen LogP contribution in [0.3, 0.4) is 0 Å². The lowest BCUT2D eigenvalue weighted by atomic mass is 10.1. The molecule has 1 aromatic carbocycles. The van der Waals surface area contributed by atoms with Gasteiger partial charge in [-0.15, -0.1) is 0 Å². The Bertz CT molecular complexity index is 682. The monoisotopic (exact) mass is 330 g/mol. The molecule has 6 nitrogen and oxygen atoms in total. The van der Waals surface area contributed by atoms with Gasteiger partial charge in [0.05, 0.1) is 18.9 Å². The molecule has 1 heterocycles. The van der Waals surface area contributed by atoms with Crippen molar-refractivity contribution in [2.24, 2.45) is 0 Å². The van der Waals surface area contributed by atoms with Crippen molar-refractivity contribution in [1.29, 1.82) is 0 Å². The zero-order chi connectivity index (χ0) is 17.5. The molecule has 0 radical (unpaired) electrons. The normalized spacial score (nSPS) is 13.0. The summed E-state index contributed by atoms with van der Waals surface area (Å²) in [4.78, 5) is 24.1. The first-order chi connectivity index (χ1) is 11.5. The van der Waals surface area contributed by atoms with Gasteiger partial charge < -0.3 is 19.8 Å². The van der Waals surface area contributed by atoms with Gasteiger partial charge in [0.15, 0.2) is 5.76 Å². The summed E-state index contributed by atoms with van der Waals surface area (Å²) in [6, 6.07) is 9.83. The summed E-state index contributed by atoms with van der Waals surface area (Å²) in [5.41, 5.74) is 0.930. The van der Waals surface area contributed by atoms with E-state index >= 15 is 0 Å². The van der Waals surface area contributed by atoms with Gasteiger partial charge in [-0.3, -0.25) is 9.59 Å². The molecule has 2 rings (SSSR count). The number of benzene rings is 1. The smallest absolute Gasteiger partial charge is 0.287 e. The lowest BCUT2D eigenvalue weighted by Crippen LogP contribution is -2.45. The van der Waals surface area contributed by atoms with Gasteiger partial charge >= 0.3 is 0 Å². The number of carbonyl (C=O) groups excluding carboxylic acids is 2. The Morgan fingerprint density at radius 1 is 1.17 bits per heavy atom. The van der Waals surface area contributed by atoms with Gasteiger partial charge in [-0.2, -0.15) is 0 Å². The van der Waals surface area contributed by atoms with Crippen LogP contribution in [0, 0.1) is 0 Å². The molecule has 0 aliphatic rings. The van der Waals surface area contributed by atoms with E-state index in [1.54, 1.807) is 19.1 Å².